The van der Waals surface area contributed by atoms with Gasteiger partial charge in [0, 0.05) is 37.9 Å². The summed E-state index contributed by atoms with van der Waals surface area (Å²) in [6, 6.07) is 14.0. The van der Waals surface area contributed by atoms with Crippen molar-refractivity contribution in [2.75, 3.05) is 26.2 Å². The highest BCUT2D eigenvalue weighted by Crippen LogP contribution is 2.23. The van der Waals surface area contributed by atoms with Crippen molar-refractivity contribution in [1.29, 1.82) is 0 Å². The third-order valence-electron chi connectivity index (χ3n) is 6.29. The SMILES string of the molecule is Cc1ccc(C(=O)N2CCC(NC(=O)N3CCC(Cc4ccccc4)CC3)C2)c(Cl)n1. The Labute approximate surface area is 188 Å². The van der Waals surface area contributed by atoms with Crippen molar-refractivity contribution in [2.24, 2.45) is 5.92 Å². The van der Waals surface area contributed by atoms with E-state index in [9.17, 15) is 9.59 Å². The number of nitrogens with zero attached hydrogens (tertiary/aromatic N) is 3. The molecule has 2 aliphatic heterocycles. The van der Waals surface area contributed by atoms with Crippen LogP contribution < -0.4 is 5.32 Å². The van der Waals surface area contributed by atoms with Crippen molar-refractivity contribution in [3.8, 4) is 0 Å². The lowest BCUT2D eigenvalue weighted by Crippen LogP contribution is -2.48. The quantitative estimate of drug-likeness (QED) is 0.733. The fourth-order valence-electron chi connectivity index (χ4n) is 4.47. The zero-order valence-corrected chi connectivity index (χ0v) is 18.6. The average Bonchev–Trinajstić information content (AvgIpc) is 3.23. The molecule has 1 atom stereocenters. The van der Waals surface area contributed by atoms with Crippen LogP contribution >= 0.6 is 11.6 Å². The number of pyridine rings is 1. The Morgan fingerprint density at radius 3 is 2.45 bits per heavy atom. The molecule has 0 spiro atoms. The van der Waals surface area contributed by atoms with E-state index in [-0.39, 0.29) is 23.1 Å². The third-order valence-corrected chi connectivity index (χ3v) is 6.58. The fraction of sp³-hybridized carbons (Fsp3) is 0.458. The first-order valence-corrected chi connectivity index (χ1v) is 11.4. The molecule has 3 amide bonds. The zero-order chi connectivity index (χ0) is 21.8. The minimum Gasteiger partial charge on any atom is -0.336 e. The molecule has 2 fully saturated rings. The number of rotatable bonds is 4. The molecule has 1 aromatic heterocycles. The van der Waals surface area contributed by atoms with Crippen LogP contribution in [-0.4, -0.2) is 58.9 Å². The highest BCUT2D eigenvalue weighted by atomic mass is 35.5. The largest absolute Gasteiger partial charge is 0.336 e. The molecule has 4 rings (SSSR count). The third kappa shape index (κ3) is 5.37. The van der Waals surface area contributed by atoms with Crippen molar-refractivity contribution >= 4 is 23.5 Å². The summed E-state index contributed by atoms with van der Waals surface area (Å²) in [5, 5.41) is 3.35. The second-order valence-electron chi connectivity index (χ2n) is 8.60. The van der Waals surface area contributed by atoms with E-state index in [1.807, 2.05) is 17.9 Å². The van der Waals surface area contributed by atoms with Crippen LogP contribution in [0.2, 0.25) is 5.15 Å². The smallest absolute Gasteiger partial charge is 0.317 e. The first-order valence-electron chi connectivity index (χ1n) is 11.0. The van der Waals surface area contributed by atoms with E-state index in [0.29, 0.717) is 24.6 Å². The van der Waals surface area contributed by atoms with Crippen LogP contribution in [0.15, 0.2) is 42.5 Å². The number of likely N-dealkylation sites (tertiary alicyclic amines) is 2. The number of carbonyl (C=O) groups excluding carboxylic acids is 2. The highest BCUT2D eigenvalue weighted by molar-refractivity contribution is 6.32. The van der Waals surface area contributed by atoms with E-state index in [0.717, 1.165) is 44.5 Å². The lowest BCUT2D eigenvalue weighted by molar-refractivity contribution is 0.0788. The van der Waals surface area contributed by atoms with Gasteiger partial charge in [0.25, 0.3) is 5.91 Å². The number of amides is 3. The fourth-order valence-corrected chi connectivity index (χ4v) is 4.75. The lowest BCUT2D eigenvalue weighted by atomic mass is 9.90. The second kappa shape index (κ2) is 9.69. The lowest BCUT2D eigenvalue weighted by Gasteiger charge is -2.33. The molecule has 2 aliphatic rings. The van der Waals surface area contributed by atoms with Gasteiger partial charge in [-0.2, -0.15) is 0 Å². The number of aryl methyl sites for hydroxylation is 1. The molecule has 164 valence electrons. The topological polar surface area (TPSA) is 65.5 Å². The molecule has 0 radical (unpaired) electrons. The Morgan fingerprint density at radius 1 is 1.03 bits per heavy atom. The molecule has 2 aromatic rings. The standard InChI is InChI=1S/C24H29ClN4O2/c1-17-7-8-21(22(25)26-17)23(30)29-14-11-20(16-29)27-24(31)28-12-9-19(10-13-28)15-18-5-3-2-4-6-18/h2-8,19-20H,9-16H2,1H3,(H,27,31). The number of carbonyl (C=O) groups is 2. The van der Waals surface area contributed by atoms with Gasteiger partial charge in [0.15, 0.2) is 0 Å². The molecule has 1 N–H and O–H groups in total. The maximum absolute atomic E-state index is 12.8. The Hall–Kier alpha value is -2.60. The number of halogens is 1. The van der Waals surface area contributed by atoms with E-state index < -0.39 is 0 Å². The predicted molar refractivity (Wildman–Crippen MR) is 121 cm³/mol. The van der Waals surface area contributed by atoms with Gasteiger partial charge < -0.3 is 15.1 Å². The summed E-state index contributed by atoms with van der Waals surface area (Å²) in [7, 11) is 0. The maximum atomic E-state index is 12.8. The number of piperidine rings is 1. The van der Waals surface area contributed by atoms with Gasteiger partial charge in [-0.15, -0.1) is 0 Å². The van der Waals surface area contributed by atoms with Crippen molar-refractivity contribution in [2.45, 2.75) is 38.6 Å². The van der Waals surface area contributed by atoms with E-state index >= 15 is 0 Å². The average molecular weight is 441 g/mol. The molecule has 0 bridgehead atoms. The summed E-state index contributed by atoms with van der Waals surface area (Å²) >= 11 is 6.15. The molecule has 31 heavy (non-hydrogen) atoms. The normalized spacial score (nSPS) is 19.5. The Bertz CT molecular complexity index is 928. The van der Waals surface area contributed by atoms with Crippen molar-refractivity contribution in [3.63, 3.8) is 0 Å². The van der Waals surface area contributed by atoms with Crippen molar-refractivity contribution in [3.05, 3.63) is 64.4 Å². The number of hydrogen-bond acceptors (Lipinski definition) is 3. The van der Waals surface area contributed by atoms with E-state index in [1.54, 1.807) is 17.0 Å². The van der Waals surface area contributed by atoms with Crippen LogP contribution in [0.25, 0.3) is 0 Å². The van der Waals surface area contributed by atoms with Crippen molar-refractivity contribution < 1.29 is 9.59 Å². The number of aromatic nitrogens is 1. The van der Waals surface area contributed by atoms with Crippen LogP contribution in [0.1, 0.15) is 40.9 Å². The Morgan fingerprint density at radius 2 is 1.74 bits per heavy atom. The minimum atomic E-state index is -0.129. The molecule has 0 saturated carbocycles. The summed E-state index contributed by atoms with van der Waals surface area (Å²) in [4.78, 5) is 33.3. The van der Waals surface area contributed by atoms with Gasteiger partial charge in [-0.25, -0.2) is 9.78 Å². The van der Waals surface area contributed by atoms with Gasteiger partial charge in [0.05, 0.1) is 5.56 Å². The molecule has 0 aliphatic carbocycles. The number of urea groups is 1. The summed E-state index contributed by atoms with van der Waals surface area (Å²) in [5.74, 6) is 0.495. The van der Waals surface area contributed by atoms with Gasteiger partial charge >= 0.3 is 6.03 Å². The first-order chi connectivity index (χ1) is 15.0. The van der Waals surface area contributed by atoms with Gasteiger partial charge in [-0.1, -0.05) is 41.9 Å². The molecule has 2 saturated heterocycles. The van der Waals surface area contributed by atoms with Gasteiger partial charge in [-0.05, 0) is 56.2 Å². The summed E-state index contributed by atoms with van der Waals surface area (Å²) in [5.41, 5.74) is 2.56. The van der Waals surface area contributed by atoms with Gasteiger partial charge in [0.2, 0.25) is 0 Å². The molecular formula is C24H29ClN4O2. The summed E-state index contributed by atoms with van der Waals surface area (Å²) in [6.07, 6.45) is 3.87. The van der Waals surface area contributed by atoms with E-state index in [1.165, 1.54) is 5.56 Å². The second-order valence-corrected chi connectivity index (χ2v) is 8.96. The molecule has 1 aromatic carbocycles. The monoisotopic (exact) mass is 440 g/mol. The first kappa shape index (κ1) is 21.6. The zero-order valence-electron chi connectivity index (χ0n) is 17.9. The van der Waals surface area contributed by atoms with Crippen LogP contribution in [0, 0.1) is 12.8 Å². The maximum Gasteiger partial charge on any atom is 0.317 e. The molecule has 3 heterocycles. The van der Waals surface area contributed by atoms with E-state index in [2.05, 4.69) is 34.6 Å². The molecule has 7 heteroatoms. The molecular weight excluding hydrogens is 412 g/mol. The number of hydrogen-bond donors (Lipinski definition) is 1. The van der Waals surface area contributed by atoms with Crippen LogP contribution in [-0.2, 0) is 6.42 Å². The number of nitrogens with one attached hydrogen (secondary N) is 1. The minimum absolute atomic E-state index is 0.0208. The van der Waals surface area contributed by atoms with E-state index in [4.69, 9.17) is 11.6 Å². The summed E-state index contributed by atoms with van der Waals surface area (Å²) < 4.78 is 0. The number of benzene rings is 1. The molecule has 6 nitrogen and oxygen atoms in total. The van der Waals surface area contributed by atoms with Crippen molar-refractivity contribution in [1.82, 2.24) is 20.1 Å². The highest BCUT2D eigenvalue weighted by Gasteiger charge is 2.31. The van der Waals surface area contributed by atoms with Crippen LogP contribution in [0.3, 0.4) is 0 Å². The predicted octanol–water partition coefficient (Wildman–Crippen LogP) is 3.92. The molecule has 1 unspecified atom stereocenters. The van der Waals surface area contributed by atoms with Crippen LogP contribution in [0.4, 0.5) is 4.79 Å². The van der Waals surface area contributed by atoms with Gasteiger partial charge in [-0.3, -0.25) is 4.79 Å². The Balaban J connectivity index is 1.24. The van der Waals surface area contributed by atoms with Gasteiger partial charge in [0.1, 0.15) is 5.15 Å². The Kier molecular flexibility index (Phi) is 6.76. The summed E-state index contributed by atoms with van der Waals surface area (Å²) in [6.45, 7) is 4.51. The van der Waals surface area contributed by atoms with Crippen LogP contribution in [0.5, 0.6) is 0 Å².